The van der Waals surface area contributed by atoms with Crippen molar-refractivity contribution in [3.8, 4) is 0 Å². The average molecular weight is 225 g/mol. The molecule has 1 aliphatic rings. The van der Waals surface area contributed by atoms with Gasteiger partial charge in [-0.15, -0.1) is 0 Å². The molecule has 90 valence electrons. The lowest BCUT2D eigenvalue weighted by atomic mass is 9.79. The van der Waals surface area contributed by atoms with Gasteiger partial charge in [-0.05, 0) is 26.2 Å². The van der Waals surface area contributed by atoms with E-state index in [2.05, 4.69) is 5.32 Å². The highest BCUT2D eigenvalue weighted by molar-refractivity contribution is 6.14. The van der Waals surface area contributed by atoms with Crippen LogP contribution in [0.4, 0.5) is 0 Å². The van der Waals surface area contributed by atoms with Crippen LogP contribution in [-0.2, 0) is 14.4 Å². The molecule has 1 saturated heterocycles. The van der Waals surface area contributed by atoms with Crippen molar-refractivity contribution in [3.63, 3.8) is 0 Å². The topological polar surface area (TPSA) is 63.2 Å². The first-order chi connectivity index (χ1) is 7.29. The first kappa shape index (κ1) is 12.9. The molecule has 16 heavy (non-hydrogen) atoms. The SMILES string of the molecule is CC(=O)CC[C@]1(C)C(=O)N[C@@H](C(C)C)C1=O. The van der Waals surface area contributed by atoms with E-state index in [1.807, 2.05) is 13.8 Å². The Morgan fingerprint density at radius 3 is 2.38 bits per heavy atom. The first-order valence-corrected chi connectivity index (χ1v) is 5.63. The van der Waals surface area contributed by atoms with Crippen LogP contribution in [0.15, 0.2) is 0 Å². The quantitative estimate of drug-likeness (QED) is 0.728. The molecule has 4 heteroatoms. The van der Waals surface area contributed by atoms with Crippen molar-refractivity contribution in [1.29, 1.82) is 0 Å². The second-order valence-electron chi connectivity index (χ2n) is 5.09. The molecule has 1 amide bonds. The summed E-state index contributed by atoms with van der Waals surface area (Å²) in [5.41, 5.74) is -1.01. The Morgan fingerprint density at radius 1 is 1.44 bits per heavy atom. The van der Waals surface area contributed by atoms with Crippen LogP contribution in [-0.4, -0.2) is 23.5 Å². The monoisotopic (exact) mass is 225 g/mol. The normalized spacial score (nSPS) is 29.7. The maximum Gasteiger partial charge on any atom is 0.234 e. The highest BCUT2D eigenvalue weighted by Crippen LogP contribution is 2.33. The Balaban J connectivity index is 2.83. The molecule has 0 saturated carbocycles. The van der Waals surface area contributed by atoms with Crippen LogP contribution >= 0.6 is 0 Å². The summed E-state index contributed by atoms with van der Waals surface area (Å²) in [6.45, 7) is 6.91. The third kappa shape index (κ3) is 2.15. The zero-order chi connectivity index (χ0) is 12.5. The van der Waals surface area contributed by atoms with Gasteiger partial charge in [0.1, 0.15) is 11.2 Å². The molecule has 0 aromatic heterocycles. The summed E-state index contributed by atoms with van der Waals surface area (Å²) in [6, 6.07) is -0.399. The number of carbonyl (C=O) groups excluding carboxylic acids is 3. The summed E-state index contributed by atoms with van der Waals surface area (Å²) in [5.74, 6) is -0.211. The summed E-state index contributed by atoms with van der Waals surface area (Å²) in [4.78, 5) is 34.8. The Kier molecular flexibility index (Phi) is 3.51. The minimum atomic E-state index is -1.01. The van der Waals surface area contributed by atoms with Gasteiger partial charge < -0.3 is 10.1 Å². The Morgan fingerprint density at radius 2 is 2.00 bits per heavy atom. The van der Waals surface area contributed by atoms with E-state index in [1.165, 1.54) is 6.92 Å². The highest BCUT2D eigenvalue weighted by Gasteiger charge is 2.51. The lowest BCUT2D eigenvalue weighted by molar-refractivity contribution is -0.135. The van der Waals surface area contributed by atoms with E-state index in [9.17, 15) is 14.4 Å². The molecule has 0 aromatic rings. The maximum atomic E-state index is 12.1. The van der Waals surface area contributed by atoms with Gasteiger partial charge in [0.05, 0.1) is 6.04 Å². The molecule has 0 aromatic carbocycles. The Labute approximate surface area is 95.8 Å². The lowest BCUT2D eigenvalue weighted by Gasteiger charge is -2.19. The third-order valence-electron chi connectivity index (χ3n) is 3.26. The largest absolute Gasteiger partial charge is 0.345 e. The van der Waals surface area contributed by atoms with Gasteiger partial charge in [0.2, 0.25) is 5.91 Å². The summed E-state index contributed by atoms with van der Waals surface area (Å²) < 4.78 is 0. The predicted molar refractivity (Wildman–Crippen MR) is 59.8 cm³/mol. The van der Waals surface area contributed by atoms with Crippen LogP contribution < -0.4 is 5.32 Å². The minimum absolute atomic E-state index is 0.00909. The molecular weight excluding hydrogens is 206 g/mol. The van der Waals surface area contributed by atoms with E-state index < -0.39 is 11.5 Å². The molecule has 0 radical (unpaired) electrons. The van der Waals surface area contributed by atoms with E-state index >= 15 is 0 Å². The summed E-state index contributed by atoms with van der Waals surface area (Å²) in [7, 11) is 0. The molecule has 0 aliphatic carbocycles. The van der Waals surface area contributed by atoms with Crippen LogP contribution in [0.3, 0.4) is 0 Å². The van der Waals surface area contributed by atoms with Crippen molar-refractivity contribution in [2.75, 3.05) is 0 Å². The van der Waals surface area contributed by atoms with E-state index in [-0.39, 0.29) is 29.8 Å². The van der Waals surface area contributed by atoms with Crippen molar-refractivity contribution in [1.82, 2.24) is 5.32 Å². The van der Waals surface area contributed by atoms with Crippen LogP contribution in [0.25, 0.3) is 0 Å². The number of nitrogens with one attached hydrogen (secondary N) is 1. The van der Waals surface area contributed by atoms with Crippen molar-refractivity contribution < 1.29 is 14.4 Å². The number of Topliss-reactive ketones (excluding diaryl/α,β-unsaturated/α-hetero) is 2. The van der Waals surface area contributed by atoms with E-state index in [4.69, 9.17) is 0 Å². The van der Waals surface area contributed by atoms with Crippen molar-refractivity contribution in [2.24, 2.45) is 11.3 Å². The molecule has 1 N–H and O–H groups in total. The molecule has 1 heterocycles. The zero-order valence-corrected chi connectivity index (χ0v) is 10.3. The number of carbonyl (C=O) groups is 3. The van der Waals surface area contributed by atoms with Gasteiger partial charge in [-0.2, -0.15) is 0 Å². The summed E-state index contributed by atoms with van der Waals surface area (Å²) in [6.07, 6.45) is 0.594. The fourth-order valence-electron chi connectivity index (χ4n) is 1.95. The van der Waals surface area contributed by atoms with Gasteiger partial charge in [0.15, 0.2) is 5.78 Å². The second kappa shape index (κ2) is 4.36. The Bertz CT molecular complexity index is 335. The van der Waals surface area contributed by atoms with Crippen molar-refractivity contribution in [3.05, 3.63) is 0 Å². The van der Waals surface area contributed by atoms with Gasteiger partial charge in [-0.3, -0.25) is 9.59 Å². The zero-order valence-electron chi connectivity index (χ0n) is 10.3. The standard InChI is InChI=1S/C12H19NO3/c1-7(2)9-10(15)12(4,11(16)13-9)6-5-8(3)14/h7,9H,5-6H2,1-4H3,(H,13,16)/t9-,12-/m0/s1. The van der Waals surface area contributed by atoms with Crippen LogP contribution in [0.1, 0.15) is 40.5 Å². The molecular formula is C12H19NO3. The van der Waals surface area contributed by atoms with Crippen LogP contribution in [0.5, 0.6) is 0 Å². The van der Waals surface area contributed by atoms with Gasteiger partial charge in [-0.1, -0.05) is 13.8 Å². The van der Waals surface area contributed by atoms with E-state index in [1.54, 1.807) is 6.92 Å². The minimum Gasteiger partial charge on any atom is -0.345 e. The number of hydrogen-bond donors (Lipinski definition) is 1. The average Bonchev–Trinajstić information content (AvgIpc) is 2.40. The van der Waals surface area contributed by atoms with Crippen molar-refractivity contribution in [2.45, 2.75) is 46.6 Å². The number of ketones is 2. The number of hydrogen-bond acceptors (Lipinski definition) is 3. The fourth-order valence-corrected chi connectivity index (χ4v) is 1.95. The molecule has 1 fully saturated rings. The lowest BCUT2D eigenvalue weighted by Crippen LogP contribution is -2.34. The number of rotatable bonds is 4. The van der Waals surface area contributed by atoms with Gasteiger partial charge in [0.25, 0.3) is 0 Å². The van der Waals surface area contributed by atoms with E-state index in [0.717, 1.165) is 0 Å². The Hall–Kier alpha value is -1.19. The van der Waals surface area contributed by atoms with Crippen molar-refractivity contribution >= 4 is 17.5 Å². The predicted octanol–water partition coefficient (Wildman–Crippen LogP) is 1.09. The molecule has 2 atom stereocenters. The summed E-state index contributed by atoms with van der Waals surface area (Å²) >= 11 is 0. The second-order valence-corrected chi connectivity index (χ2v) is 5.09. The number of amides is 1. The summed E-state index contributed by atoms with van der Waals surface area (Å²) in [5, 5.41) is 2.72. The van der Waals surface area contributed by atoms with Crippen LogP contribution in [0.2, 0.25) is 0 Å². The van der Waals surface area contributed by atoms with Gasteiger partial charge in [0, 0.05) is 6.42 Å². The molecule has 4 nitrogen and oxygen atoms in total. The molecule has 1 rings (SSSR count). The highest BCUT2D eigenvalue weighted by atomic mass is 16.2. The fraction of sp³-hybridized carbons (Fsp3) is 0.750. The molecule has 0 unspecified atom stereocenters. The third-order valence-corrected chi connectivity index (χ3v) is 3.26. The first-order valence-electron chi connectivity index (χ1n) is 5.63. The molecule has 1 aliphatic heterocycles. The smallest absolute Gasteiger partial charge is 0.234 e. The maximum absolute atomic E-state index is 12.1. The molecule has 0 bridgehead atoms. The van der Waals surface area contributed by atoms with Gasteiger partial charge >= 0.3 is 0 Å². The molecule has 0 spiro atoms. The van der Waals surface area contributed by atoms with E-state index in [0.29, 0.717) is 6.42 Å². The van der Waals surface area contributed by atoms with Gasteiger partial charge in [-0.25, -0.2) is 0 Å². The van der Waals surface area contributed by atoms with Crippen LogP contribution in [0, 0.1) is 11.3 Å².